The van der Waals surface area contributed by atoms with Crippen LogP contribution in [0.15, 0.2) is 0 Å². The largest absolute Gasteiger partial charge is 0.372 e. The fraction of sp³-hybridized carbons (Fsp3) is 1.00. The zero-order valence-corrected chi connectivity index (χ0v) is 9.31. The minimum Gasteiger partial charge on any atom is -0.372 e. The summed E-state index contributed by atoms with van der Waals surface area (Å²) in [5.41, 5.74) is 0.106. The molecular formula is C11H24O. The molecule has 1 unspecified atom stereocenters. The maximum absolute atomic E-state index is 5.98. The second-order valence-electron chi connectivity index (χ2n) is 3.87. The van der Waals surface area contributed by atoms with Crippen molar-refractivity contribution in [3.8, 4) is 0 Å². The van der Waals surface area contributed by atoms with Crippen LogP contribution in [0.4, 0.5) is 0 Å². The van der Waals surface area contributed by atoms with E-state index < -0.39 is 0 Å². The number of hydrogen-bond acceptors (Lipinski definition) is 1. The Morgan fingerprint density at radius 1 is 1.17 bits per heavy atom. The maximum atomic E-state index is 5.98. The number of hydrogen-bond donors (Lipinski definition) is 0. The molecule has 0 aliphatic rings. The molecule has 0 saturated heterocycles. The van der Waals surface area contributed by atoms with Crippen LogP contribution in [0.25, 0.3) is 0 Å². The van der Waals surface area contributed by atoms with E-state index in [0.29, 0.717) is 6.10 Å². The fourth-order valence-electron chi connectivity index (χ4n) is 1.37. The van der Waals surface area contributed by atoms with E-state index in [0.717, 1.165) is 12.8 Å². The summed E-state index contributed by atoms with van der Waals surface area (Å²) in [6, 6.07) is 0. The molecule has 1 atom stereocenters. The number of rotatable bonds is 6. The molecule has 1 nitrogen and oxygen atoms in total. The fourth-order valence-corrected chi connectivity index (χ4v) is 1.37. The van der Waals surface area contributed by atoms with Crippen molar-refractivity contribution in [2.24, 2.45) is 0 Å². The van der Waals surface area contributed by atoms with Gasteiger partial charge in [0.2, 0.25) is 0 Å². The Morgan fingerprint density at radius 3 is 2.00 bits per heavy atom. The first-order valence-electron chi connectivity index (χ1n) is 5.25. The topological polar surface area (TPSA) is 9.23 Å². The van der Waals surface area contributed by atoms with Crippen molar-refractivity contribution in [2.45, 2.75) is 72.0 Å². The minimum absolute atomic E-state index is 0.106. The molecule has 0 aliphatic carbocycles. The van der Waals surface area contributed by atoms with Crippen LogP contribution in [-0.4, -0.2) is 11.7 Å². The Kier molecular flexibility index (Phi) is 5.56. The van der Waals surface area contributed by atoms with Gasteiger partial charge in [0.25, 0.3) is 0 Å². The Bertz CT molecular complexity index is 106. The monoisotopic (exact) mass is 172 g/mol. The van der Waals surface area contributed by atoms with Gasteiger partial charge in [-0.3, -0.25) is 0 Å². The Labute approximate surface area is 77.5 Å². The minimum atomic E-state index is 0.106. The molecule has 0 heterocycles. The molecule has 0 radical (unpaired) electrons. The SMILES string of the molecule is CCCC(C)OC(C)(CC)CC. The lowest BCUT2D eigenvalue weighted by atomic mass is 9.99. The van der Waals surface area contributed by atoms with E-state index in [1.807, 2.05) is 0 Å². The first kappa shape index (κ1) is 12.0. The molecule has 0 bridgehead atoms. The average molecular weight is 172 g/mol. The molecular weight excluding hydrogens is 148 g/mol. The second kappa shape index (κ2) is 5.58. The molecule has 12 heavy (non-hydrogen) atoms. The van der Waals surface area contributed by atoms with Gasteiger partial charge in [-0.25, -0.2) is 0 Å². The molecule has 0 rings (SSSR count). The summed E-state index contributed by atoms with van der Waals surface area (Å²) in [5, 5.41) is 0. The normalized spacial score (nSPS) is 14.8. The standard InChI is InChI=1S/C11H24O/c1-6-9-10(4)12-11(5,7-2)8-3/h10H,6-9H2,1-5H3. The third kappa shape index (κ3) is 4.10. The van der Waals surface area contributed by atoms with E-state index in [1.54, 1.807) is 0 Å². The molecule has 0 saturated carbocycles. The van der Waals surface area contributed by atoms with Gasteiger partial charge in [0.05, 0.1) is 11.7 Å². The van der Waals surface area contributed by atoms with Gasteiger partial charge < -0.3 is 4.74 Å². The lowest BCUT2D eigenvalue weighted by Gasteiger charge is -2.31. The highest BCUT2D eigenvalue weighted by Crippen LogP contribution is 2.22. The van der Waals surface area contributed by atoms with Crippen molar-refractivity contribution in [1.82, 2.24) is 0 Å². The zero-order chi connectivity index (χ0) is 9.61. The van der Waals surface area contributed by atoms with Gasteiger partial charge in [-0.1, -0.05) is 27.2 Å². The van der Waals surface area contributed by atoms with Gasteiger partial charge in [0.15, 0.2) is 0 Å². The molecule has 74 valence electrons. The van der Waals surface area contributed by atoms with Crippen molar-refractivity contribution < 1.29 is 4.74 Å². The summed E-state index contributed by atoms with van der Waals surface area (Å²) >= 11 is 0. The molecule has 0 aromatic carbocycles. The predicted octanol–water partition coefficient (Wildman–Crippen LogP) is 3.77. The molecule has 0 fully saturated rings. The van der Waals surface area contributed by atoms with Crippen LogP contribution in [-0.2, 0) is 4.74 Å². The van der Waals surface area contributed by atoms with Gasteiger partial charge in [-0.15, -0.1) is 0 Å². The van der Waals surface area contributed by atoms with Gasteiger partial charge >= 0.3 is 0 Å². The summed E-state index contributed by atoms with van der Waals surface area (Å²) < 4.78 is 5.98. The zero-order valence-electron chi connectivity index (χ0n) is 9.31. The third-order valence-electron chi connectivity index (χ3n) is 2.68. The van der Waals surface area contributed by atoms with Gasteiger partial charge in [0.1, 0.15) is 0 Å². The molecule has 1 heteroatoms. The van der Waals surface area contributed by atoms with Crippen molar-refractivity contribution in [3.63, 3.8) is 0 Å². The second-order valence-corrected chi connectivity index (χ2v) is 3.87. The summed E-state index contributed by atoms with van der Waals surface area (Å²) in [7, 11) is 0. The van der Waals surface area contributed by atoms with E-state index in [9.17, 15) is 0 Å². The third-order valence-corrected chi connectivity index (χ3v) is 2.68. The van der Waals surface area contributed by atoms with Crippen LogP contribution < -0.4 is 0 Å². The van der Waals surface area contributed by atoms with Crippen LogP contribution in [0, 0.1) is 0 Å². The van der Waals surface area contributed by atoms with E-state index in [2.05, 4.69) is 34.6 Å². The lowest BCUT2D eigenvalue weighted by Crippen LogP contribution is -2.31. The Hall–Kier alpha value is -0.0400. The van der Waals surface area contributed by atoms with E-state index in [4.69, 9.17) is 4.74 Å². The van der Waals surface area contributed by atoms with E-state index in [-0.39, 0.29) is 5.60 Å². The summed E-state index contributed by atoms with van der Waals surface area (Å²) in [6.07, 6.45) is 5.02. The van der Waals surface area contributed by atoms with Crippen molar-refractivity contribution in [2.75, 3.05) is 0 Å². The first-order valence-corrected chi connectivity index (χ1v) is 5.25. The summed E-state index contributed by atoms with van der Waals surface area (Å²) in [4.78, 5) is 0. The van der Waals surface area contributed by atoms with E-state index >= 15 is 0 Å². The summed E-state index contributed by atoms with van der Waals surface area (Å²) in [5.74, 6) is 0. The Balaban J connectivity index is 3.84. The van der Waals surface area contributed by atoms with Crippen LogP contribution >= 0.6 is 0 Å². The van der Waals surface area contributed by atoms with Crippen molar-refractivity contribution >= 4 is 0 Å². The Morgan fingerprint density at radius 2 is 1.67 bits per heavy atom. The first-order chi connectivity index (χ1) is 5.58. The molecule has 0 aromatic heterocycles. The van der Waals surface area contributed by atoms with Gasteiger partial charge in [-0.2, -0.15) is 0 Å². The van der Waals surface area contributed by atoms with Crippen LogP contribution in [0.3, 0.4) is 0 Å². The lowest BCUT2D eigenvalue weighted by molar-refractivity contribution is -0.0824. The van der Waals surface area contributed by atoms with Crippen LogP contribution in [0.1, 0.15) is 60.3 Å². The highest BCUT2D eigenvalue weighted by Gasteiger charge is 2.22. The highest BCUT2D eigenvalue weighted by molar-refractivity contribution is 4.72. The molecule has 0 aromatic rings. The quantitative estimate of drug-likeness (QED) is 0.592. The van der Waals surface area contributed by atoms with Crippen LogP contribution in [0.5, 0.6) is 0 Å². The maximum Gasteiger partial charge on any atom is 0.0652 e. The van der Waals surface area contributed by atoms with Crippen molar-refractivity contribution in [3.05, 3.63) is 0 Å². The van der Waals surface area contributed by atoms with Crippen LogP contribution in [0.2, 0.25) is 0 Å². The number of ether oxygens (including phenoxy) is 1. The average Bonchev–Trinajstić information content (AvgIpc) is 2.05. The highest BCUT2D eigenvalue weighted by atomic mass is 16.5. The molecule has 0 amide bonds. The molecule has 0 aliphatic heterocycles. The van der Waals surface area contributed by atoms with Gasteiger partial charge in [0, 0.05) is 0 Å². The van der Waals surface area contributed by atoms with E-state index in [1.165, 1.54) is 12.8 Å². The summed E-state index contributed by atoms with van der Waals surface area (Å²) in [6.45, 7) is 11.0. The van der Waals surface area contributed by atoms with Crippen molar-refractivity contribution in [1.29, 1.82) is 0 Å². The molecule has 0 N–H and O–H groups in total. The predicted molar refractivity (Wildman–Crippen MR) is 54.4 cm³/mol. The molecule has 0 spiro atoms. The van der Waals surface area contributed by atoms with Gasteiger partial charge in [-0.05, 0) is 33.1 Å². The smallest absolute Gasteiger partial charge is 0.0652 e.